The monoisotopic (exact) mass is 339 g/mol. The Kier molecular flexibility index (Phi) is 5.98. The fourth-order valence-electron chi connectivity index (χ4n) is 3.89. The molecule has 134 valence electrons. The summed E-state index contributed by atoms with van der Waals surface area (Å²) in [6.45, 7) is 4.42. The number of aryl methyl sites for hydroxylation is 1. The van der Waals surface area contributed by atoms with Crippen LogP contribution in [0.2, 0.25) is 0 Å². The van der Waals surface area contributed by atoms with Gasteiger partial charge in [0.05, 0.1) is 7.11 Å². The van der Waals surface area contributed by atoms with Gasteiger partial charge in [0.25, 0.3) is 0 Å². The Hall–Kier alpha value is -2.00. The Morgan fingerprint density at radius 3 is 2.64 bits per heavy atom. The lowest BCUT2D eigenvalue weighted by Crippen LogP contribution is -2.41. The van der Waals surface area contributed by atoms with Crippen LogP contribution in [0.15, 0.2) is 42.5 Å². The second-order valence-corrected chi connectivity index (χ2v) is 6.95. The number of benzene rings is 2. The average molecular weight is 339 g/mol. The molecule has 25 heavy (non-hydrogen) atoms. The summed E-state index contributed by atoms with van der Waals surface area (Å²) in [6.07, 6.45) is 5.42. The molecule has 0 radical (unpaired) electrons. The first-order valence-electron chi connectivity index (χ1n) is 9.38. The zero-order valence-electron chi connectivity index (χ0n) is 15.4. The van der Waals surface area contributed by atoms with E-state index < -0.39 is 0 Å². The first kappa shape index (κ1) is 17.8. The number of phenols is 1. The zero-order valence-corrected chi connectivity index (χ0v) is 15.4. The van der Waals surface area contributed by atoms with E-state index in [2.05, 4.69) is 30.0 Å². The van der Waals surface area contributed by atoms with E-state index in [1.165, 1.54) is 17.5 Å². The van der Waals surface area contributed by atoms with Crippen molar-refractivity contribution in [3.63, 3.8) is 0 Å². The summed E-state index contributed by atoms with van der Waals surface area (Å²) >= 11 is 0. The summed E-state index contributed by atoms with van der Waals surface area (Å²) in [5.74, 6) is 1.38. The molecule has 0 heterocycles. The Morgan fingerprint density at radius 2 is 1.92 bits per heavy atom. The van der Waals surface area contributed by atoms with Crippen molar-refractivity contribution in [2.24, 2.45) is 0 Å². The third kappa shape index (κ3) is 4.35. The van der Waals surface area contributed by atoms with E-state index in [0.29, 0.717) is 11.8 Å². The summed E-state index contributed by atoms with van der Waals surface area (Å²) in [6, 6.07) is 14.9. The largest absolute Gasteiger partial charge is 0.508 e. The first-order valence-corrected chi connectivity index (χ1v) is 9.38. The Labute approximate surface area is 151 Å². The molecule has 1 N–H and O–H groups in total. The van der Waals surface area contributed by atoms with Crippen LogP contribution >= 0.6 is 0 Å². The zero-order chi connectivity index (χ0) is 17.6. The highest BCUT2D eigenvalue weighted by molar-refractivity contribution is 5.41. The SMILES string of the molecule is CCCN(CCc1ccc(OC)cc1)C1CCc2cccc(O)c2C1. The van der Waals surface area contributed by atoms with Gasteiger partial charge in [-0.1, -0.05) is 31.2 Å². The van der Waals surface area contributed by atoms with Gasteiger partial charge < -0.3 is 9.84 Å². The van der Waals surface area contributed by atoms with Crippen LogP contribution < -0.4 is 4.74 Å². The second kappa shape index (κ2) is 8.39. The minimum Gasteiger partial charge on any atom is -0.508 e. The molecular formula is C22H29NO2. The van der Waals surface area contributed by atoms with Crippen molar-refractivity contribution in [1.82, 2.24) is 4.90 Å². The lowest BCUT2D eigenvalue weighted by molar-refractivity contribution is 0.180. The van der Waals surface area contributed by atoms with E-state index in [1.807, 2.05) is 24.3 Å². The van der Waals surface area contributed by atoms with Gasteiger partial charge in [0.2, 0.25) is 0 Å². The molecule has 1 aliphatic carbocycles. The van der Waals surface area contributed by atoms with Crippen LogP contribution in [0.25, 0.3) is 0 Å². The van der Waals surface area contributed by atoms with Crippen LogP contribution in [-0.2, 0) is 19.3 Å². The van der Waals surface area contributed by atoms with E-state index in [-0.39, 0.29) is 0 Å². The third-order valence-corrected chi connectivity index (χ3v) is 5.31. The Bertz CT molecular complexity index is 681. The van der Waals surface area contributed by atoms with Gasteiger partial charge in [-0.15, -0.1) is 0 Å². The van der Waals surface area contributed by atoms with Crippen molar-refractivity contribution in [1.29, 1.82) is 0 Å². The van der Waals surface area contributed by atoms with Gasteiger partial charge in [-0.2, -0.15) is 0 Å². The minimum atomic E-state index is 0.466. The van der Waals surface area contributed by atoms with Gasteiger partial charge in [0.15, 0.2) is 0 Å². The molecule has 2 aromatic rings. The van der Waals surface area contributed by atoms with Gasteiger partial charge in [0, 0.05) is 12.6 Å². The maximum absolute atomic E-state index is 10.2. The highest BCUT2D eigenvalue weighted by Crippen LogP contribution is 2.31. The number of hydrogen-bond donors (Lipinski definition) is 1. The topological polar surface area (TPSA) is 32.7 Å². The molecule has 3 heteroatoms. The molecule has 1 unspecified atom stereocenters. The molecule has 0 bridgehead atoms. The summed E-state index contributed by atoms with van der Waals surface area (Å²) in [5.41, 5.74) is 3.83. The number of aromatic hydroxyl groups is 1. The van der Waals surface area contributed by atoms with Gasteiger partial charge >= 0.3 is 0 Å². The van der Waals surface area contributed by atoms with Gasteiger partial charge in [0.1, 0.15) is 11.5 Å². The van der Waals surface area contributed by atoms with Crippen LogP contribution in [0.5, 0.6) is 11.5 Å². The van der Waals surface area contributed by atoms with E-state index in [1.54, 1.807) is 7.11 Å². The highest BCUT2D eigenvalue weighted by Gasteiger charge is 2.25. The molecule has 0 aromatic heterocycles. The molecule has 2 aromatic carbocycles. The molecule has 0 aliphatic heterocycles. The number of ether oxygens (including phenoxy) is 1. The quantitative estimate of drug-likeness (QED) is 0.820. The number of rotatable bonds is 7. The van der Waals surface area contributed by atoms with Gasteiger partial charge in [-0.05, 0) is 73.5 Å². The maximum atomic E-state index is 10.2. The standard InChI is InChI=1S/C22H29NO2/c1-3-14-23(15-13-17-7-11-20(25-2)12-8-17)19-10-9-18-5-4-6-22(24)21(18)16-19/h4-8,11-12,19,24H,3,9-10,13-16H2,1-2H3. The van der Waals surface area contributed by atoms with Crippen molar-refractivity contribution in [3.8, 4) is 11.5 Å². The minimum absolute atomic E-state index is 0.466. The van der Waals surface area contributed by atoms with Crippen molar-refractivity contribution < 1.29 is 9.84 Å². The van der Waals surface area contributed by atoms with Crippen molar-refractivity contribution in [2.75, 3.05) is 20.2 Å². The molecule has 0 amide bonds. The fourth-order valence-corrected chi connectivity index (χ4v) is 3.89. The number of phenolic OH excluding ortho intramolecular Hbond substituents is 1. The average Bonchev–Trinajstić information content (AvgIpc) is 2.66. The predicted molar refractivity (Wildman–Crippen MR) is 102 cm³/mol. The molecule has 0 fully saturated rings. The molecular weight excluding hydrogens is 310 g/mol. The lowest BCUT2D eigenvalue weighted by atomic mass is 9.86. The number of hydrogen-bond acceptors (Lipinski definition) is 3. The van der Waals surface area contributed by atoms with E-state index in [9.17, 15) is 5.11 Å². The van der Waals surface area contributed by atoms with Crippen LogP contribution in [-0.4, -0.2) is 36.2 Å². The summed E-state index contributed by atoms with van der Waals surface area (Å²) in [4.78, 5) is 2.61. The second-order valence-electron chi connectivity index (χ2n) is 6.95. The molecule has 1 atom stereocenters. The fraction of sp³-hybridized carbons (Fsp3) is 0.455. The van der Waals surface area contributed by atoms with Crippen molar-refractivity contribution in [3.05, 3.63) is 59.2 Å². The molecule has 0 saturated carbocycles. The van der Waals surface area contributed by atoms with Gasteiger partial charge in [-0.3, -0.25) is 4.90 Å². The Balaban J connectivity index is 1.65. The summed E-state index contributed by atoms with van der Waals surface area (Å²) < 4.78 is 5.24. The highest BCUT2D eigenvalue weighted by atomic mass is 16.5. The Morgan fingerprint density at radius 1 is 1.12 bits per heavy atom. The first-order chi connectivity index (χ1) is 12.2. The number of methoxy groups -OCH3 is 1. The van der Waals surface area contributed by atoms with Crippen LogP contribution in [0.3, 0.4) is 0 Å². The van der Waals surface area contributed by atoms with Crippen molar-refractivity contribution >= 4 is 0 Å². The molecule has 3 nitrogen and oxygen atoms in total. The normalized spacial score (nSPS) is 16.7. The summed E-state index contributed by atoms with van der Waals surface area (Å²) in [5, 5.41) is 10.2. The van der Waals surface area contributed by atoms with Gasteiger partial charge in [-0.25, -0.2) is 0 Å². The maximum Gasteiger partial charge on any atom is 0.119 e. The van der Waals surface area contributed by atoms with Crippen molar-refractivity contribution in [2.45, 2.75) is 45.1 Å². The van der Waals surface area contributed by atoms with Crippen LogP contribution in [0.1, 0.15) is 36.5 Å². The van der Waals surface area contributed by atoms with E-state index >= 15 is 0 Å². The third-order valence-electron chi connectivity index (χ3n) is 5.31. The molecule has 1 aliphatic rings. The molecule has 0 spiro atoms. The number of fused-ring (bicyclic) bond motifs is 1. The van der Waals surface area contributed by atoms with Crippen LogP contribution in [0.4, 0.5) is 0 Å². The summed E-state index contributed by atoms with van der Waals surface area (Å²) in [7, 11) is 1.70. The van der Waals surface area contributed by atoms with E-state index in [0.717, 1.165) is 50.1 Å². The lowest BCUT2D eigenvalue weighted by Gasteiger charge is -2.35. The molecule has 0 saturated heterocycles. The smallest absolute Gasteiger partial charge is 0.119 e. The number of nitrogens with zero attached hydrogens (tertiary/aromatic N) is 1. The van der Waals surface area contributed by atoms with Crippen LogP contribution in [0, 0.1) is 0 Å². The molecule has 3 rings (SSSR count). The predicted octanol–water partition coefficient (Wildman–Crippen LogP) is 4.21. The van der Waals surface area contributed by atoms with E-state index in [4.69, 9.17) is 4.74 Å².